The molecular weight excluding hydrogens is 364 g/mol. The van der Waals surface area contributed by atoms with Gasteiger partial charge in [-0.05, 0) is 18.6 Å². The molecule has 0 heterocycles. The van der Waals surface area contributed by atoms with E-state index in [2.05, 4.69) is 6.92 Å². The summed E-state index contributed by atoms with van der Waals surface area (Å²) in [5.41, 5.74) is 0. The maximum Gasteiger partial charge on any atom is 0.127 e. The van der Waals surface area contributed by atoms with Crippen LogP contribution in [0.1, 0.15) is 71.1 Å². The van der Waals surface area contributed by atoms with Crippen molar-refractivity contribution < 1.29 is 19.7 Å². The molecule has 0 aliphatic heterocycles. The molecule has 2 aromatic rings. The van der Waals surface area contributed by atoms with E-state index in [-0.39, 0.29) is 13.2 Å². The Morgan fingerprint density at radius 1 is 0.724 bits per heavy atom. The van der Waals surface area contributed by atoms with Gasteiger partial charge in [0.1, 0.15) is 24.2 Å². The van der Waals surface area contributed by atoms with Crippen molar-refractivity contribution in [3.05, 3.63) is 36.4 Å². The number of rotatable bonds is 16. The molecule has 29 heavy (non-hydrogen) atoms. The second kappa shape index (κ2) is 14.2. The molecule has 1 atom stereocenters. The number of aliphatic hydroxyl groups is 2. The summed E-state index contributed by atoms with van der Waals surface area (Å²) in [6.07, 6.45) is 12.3. The Morgan fingerprint density at radius 3 is 1.79 bits per heavy atom. The highest BCUT2D eigenvalue weighted by atomic mass is 16.5. The maximum absolute atomic E-state index is 9.52. The molecule has 1 unspecified atom stereocenters. The number of ether oxygens (including phenoxy) is 2. The Morgan fingerprint density at radius 2 is 1.24 bits per heavy atom. The molecule has 0 spiro atoms. The predicted molar refractivity (Wildman–Crippen MR) is 120 cm³/mol. The van der Waals surface area contributed by atoms with E-state index >= 15 is 0 Å². The fraction of sp³-hybridized carbons (Fsp3) is 0.600. The minimum atomic E-state index is -0.874. The molecule has 0 amide bonds. The zero-order valence-electron chi connectivity index (χ0n) is 17.9. The first-order valence-corrected chi connectivity index (χ1v) is 11.3. The van der Waals surface area contributed by atoms with Crippen molar-refractivity contribution in [2.75, 3.05) is 19.8 Å². The lowest BCUT2D eigenvalue weighted by Crippen LogP contribution is -2.21. The minimum absolute atomic E-state index is 0.0688. The standard InChI is InChI=1S/C25H38O4/c1-2-3-4-5-6-7-8-9-10-13-18-28-24-16-17-25(29-20-21(27)19-26)23-15-12-11-14-22(23)24/h11-12,14-17,21,26-27H,2-10,13,18-20H2,1H3. The van der Waals surface area contributed by atoms with Crippen molar-refractivity contribution in [1.82, 2.24) is 0 Å². The first-order valence-electron chi connectivity index (χ1n) is 11.3. The third-order valence-electron chi connectivity index (χ3n) is 5.24. The summed E-state index contributed by atoms with van der Waals surface area (Å²) in [6, 6.07) is 11.8. The highest BCUT2D eigenvalue weighted by Crippen LogP contribution is 2.33. The first-order chi connectivity index (χ1) is 14.3. The normalized spacial score (nSPS) is 12.2. The van der Waals surface area contributed by atoms with Crippen LogP contribution < -0.4 is 9.47 Å². The van der Waals surface area contributed by atoms with Crippen LogP contribution in [0.15, 0.2) is 36.4 Å². The van der Waals surface area contributed by atoms with E-state index in [9.17, 15) is 5.11 Å². The molecule has 4 heteroatoms. The third-order valence-corrected chi connectivity index (χ3v) is 5.24. The predicted octanol–water partition coefficient (Wildman–Crippen LogP) is 5.87. The van der Waals surface area contributed by atoms with E-state index < -0.39 is 6.10 Å². The fourth-order valence-corrected chi connectivity index (χ4v) is 3.51. The van der Waals surface area contributed by atoms with Crippen LogP contribution in [-0.2, 0) is 0 Å². The smallest absolute Gasteiger partial charge is 0.127 e. The number of fused-ring (bicyclic) bond motifs is 1. The van der Waals surface area contributed by atoms with Gasteiger partial charge in [-0.25, -0.2) is 0 Å². The van der Waals surface area contributed by atoms with Gasteiger partial charge >= 0.3 is 0 Å². The summed E-state index contributed by atoms with van der Waals surface area (Å²) >= 11 is 0. The molecule has 0 bridgehead atoms. The van der Waals surface area contributed by atoms with Gasteiger partial charge in [0.25, 0.3) is 0 Å². The molecular formula is C25H38O4. The second-order valence-corrected chi connectivity index (χ2v) is 7.79. The van der Waals surface area contributed by atoms with E-state index in [0.717, 1.165) is 29.5 Å². The summed E-state index contributed by atoms with van der Waals surface area (Å²) < 4.78 is 11.7. The van der Waals surface area contributed by atoms with Gasteiger partial charge in [0, 0.05) is 10.8 Å². The Hall–Kier alpha value is -1.78. The van der Waals surface area contributed by atoms with E-state index in [1.165, 1.54) is 57.8 Å². The van der Waals surface area contributed by atoms with E-state index in [0.29, 0.717) is 5.75 Å². The van der Waals surface area contributed by atoms with Crippen LogP contribution >= 0.6 is 0 Å². The fourth-order valence-electron chi connectivity index (χ4n) is 3.51. The average Bonchev–Trinajstić information content (AvgIpc) is 2.76. The largest absolute Gasteiger partial charge is 0.493 e. The summed E-state index contributed by atoms with van der Waals surface area (Å²) in [4.78, 5) is 0. The first kappa shape index (κ1) is 23.5. The van der Waals surface area contributed by atoms with Crippen LogP contribution in [0.4, 0.5) is 0 Å². The SMILES string of the molecule is CCCCCCCCCCCCOc1ccc(OCC(O)CO)c2ccccc12. The summed E-state index contributed by atoms with van der Waals surface area (Å²) in [5, 5.41) is 20.4. The molecule has 162 valence electrons. The van der Waals surface area contributed by atoms with E-state index in [1.54, 1.807) is 0 Å². The van der Waals surface area contributed by atoms with Gasteiger partial charge in [-0.1, -0.05) is 89.0 Å². The lowest BCUT2D eigenvalue weighted by molar-refractivity contribution is 0.0541. The van der Waals surface area contributed by atoms with Gasteiger partial charge in [0.15, 0.2) is 0 Å². The lowest BCUT2D eigenvalue weighted by atomic mass is 10.1. The van der Waals surface area contributed by atoms with E-state index in [1.807, 2.05) is 36.4 Å². The van der Waals surface area contributed by atoms with Crippen molar-refractivity contribution in [1.29, 1.82) is 0 Å². The maximum atomic E-state index is 9.52. The average molecular weight is 403 g/mol. The summed E-state index contributed by atoms with van der Waals surface area (Å²) in [6.45, 7) is 2.75. The van der Waals surface area contributed by atoms with Crippen LogP contribution in [0.25, 0.3) is 10.8 Å². The van der Waals surface area contributed by atoms with Crippen LogP contribution in [-0.4, -0.2) is 36.1 Å². The third kappa shape index (κ3) is 8.63. The summed E-state index contributed by atoms with van der Waals surface area (Å²) in [5.74, 6) is 1.56. The van der Waals surface area contributed by atoms with Crippen LogP contribution in [0.5, 0.6) is 11.5 Å². The molecule has 4 nitrogen and oxygen atoms in total. The van der Waals surface area contributed by atoms with Crippen molar-refractivity contribution >= 4 is 10.8 Å². The van der Waals surface area contributed by atoms with Crippen molar-refractivity contribution in [3.8, 4) is 11.5 Å². The molecule has 0 aliphatic carbocycles. The van der Waals surface area contributed by atoms with Crippen LogP contribution in [0.2, 0.25) is 0 Å². The number of unbranched alkanes of at least 4 members (excludes halogenated alkanes) is 9. The van der Waals surface area contributed by atoms with Crippen molar-refractivity contribution in [3.63, 3.8) is 0 Å². The molecule has 0 fully saturated rings. The second-order valence-electron chi connectivity index (χ2n) is 7.79. The molecule has 0 aromatic heterocycles. The number of hydrogen-bond donors (Lipinski definition) is 2. The Bertz CT molecular complexity index is 686. The topological polar surface area (TPSA) is 58.9 Å². The molecule has 0 saturated heterocycles. The monoisotopic (exact) mass is 402 g/mol. The van der Waals surface area contributed by atoms with Gasteiger partial charge in [0.05, 0.1) is 13.2 Å². The zero-order valence-corrected chi connectivity index (χ0v) is 17.9. The molecule has 2 N–H and O–H groups in total. The highest BCUT2D eigenvalue weighted by Gasteiger charge is 2.10. The number of aliphatic hydroxyl groups excluding tert-OH is 2. The molecule has 0 radical (unpaired) electrons. The zero-order chi connectivity index (χ0) is 20.7. The summed E-state index contributed by atoms with van der Waals surface area (Å²) in [7, 11) is 0. The Kier molecular flexibility index (Phi) is 11.5. The number of benzene rings is 2. The van der Waals surface area contributed by atoms with Gasteiger partial charge < -0.3 is 19.7 Å². The Balaban J connectivity index is 1.72. The Labute approximate surface area is 175 Å². The van der Waals surface area contributed by atoms with Gasteiger partial charge in [0.2, 0.25) is 0 Å². The van der Waals surface area contributed by atoms with Crippen LogP contribution in [0.3, 0.4) is 0 Å². The van der Waals surface area contributed by atoms with Crippen molar-refractivity contribution in [2.24, 2.45) is 0 Å². The lowest BCUT2D eigenvalue weighted by Gasteiger charge is -2.15. The van der Waals surface area contributed by atoms with Gasteiger partial charge in [-0.2, -0.15) is 0 Å². The molecule has 0 aliphatic rings. The van der Waals surface area contributed by atoms with Crippen molar-refractivity contribution in [2.45, 2.75) is 77.2 Å². The molecule has 0 saturated carbocycles. The number of hydrogen-bond acceptors (Lipinski definition) is 4. The minimum Gasteiger partial charge on any atom is -0.493 e. The van der Waals surface area contributed by atoms with E-state index in [4.69, 9.17) is 14.6 Å². The molecule has 2 aromatic carbocycles. The van der Waals surface area contributed by atoms with Gasteiger partial charge in [-0.15, -0.1) is 0 Å². The molecule has 2 rings (SSSR count). The van der Waals surface area contributed by atoms with Gasteiger partial charge in [-0.3, -0.25) is 0 Å². The highest BCUT2D eigenvalue weighted by molar-refractivity contribution is 5.93. The quantitative estimate of drug-likeness (QED) is 0.345. The van der Waals surface area contributed by atoms with Crippen LogP contribution in [0, 0.1) is 0 Å².